The first-order valence-electron chi connectivity index (χ1n) is 16.1. The summed E-state index contributed by atoms with van der Waals surface area (Å²) >= 11 is 1.20. The molecule has 2 aromatic carbocycles. The molecule has 15 heteroatoms. The second-order valence-electron chi connectivity index (χ2n) is 12.1. The number of halogens is 4. The van der Waals surface area contributed by atoms with Crippen LogP contribution in [0, 0.1) is 17.7 Å². The quantitative estimate of drug-likeness (QED) is 0.136. The largest absolute Gasteiger partial charge is 0.489 e. The Hall–Kier alpha value is -3.58. The van der Waals surface area contributed by atoms with Gasteiger partial charge in [0.15, 0.2) is 9.84 Å². The van der Waals surface area contributed by atoms with Gasteiger partial charge in [-0.1, -0.05) is 24.0 Å². The van der Waals surface area contributed by atoms with Gasteiger partial charge in [0.2, 0.25) is 0 Å². The molecule has 1 aliphatic heterocycles. The molecule has 0 atom stereocenters. The Morgan fingerprint density at radius 1 is 1.08 bits per heavy atom. The molecule has 3 N–H and O–H groups in total. The van der Waals surface area contributed by atoms with E-state index in [1.54, 1.807) is 12.1 Å². The molecular formula is C34H40F4N4O5S2. The monoisotopic (exact) mass is 724 g/mol. The number of ether oxygens (including phenoxy) is 2. The Kier molecular flexibility index (Phi) is 12.0. The summed E-state index contributed by atoms with van der Waals surface area (Å²) in [5.74, 6) is 4.98. The Morgan fingerprint density at radius 2 is 1.82 bits per heavy atom. The van der Waals surface area contributed by atoms with E-state index in [1.165, 1.54) is 31.6 Å². The maximum atomic E-state index is 14.7. The van der Waals surface area contributed by atoms with Gasteiger partial charge in [-0.15, -0.1) is 11.3 Å². The molecule has 0 spiro atoms. The molecule has 9 nitrogen and oxygen atoms in total. The van der Waals surface area contributed by atoms with Gasteiger partial charge in [0, 0.05) is 45.4 Å². The van der Waals surface area contributed by atoms with Crippen LogP contribution in [0.1, 0.15) is 46.5 Å². The number of rotatable bonds is 11. The Labute approximate surface area is 287 Å². The lowest BCUT2D eigenvalue weighted by Crippen LogP contribution is -2.48. The fourth-order valence-electron chi connectivity index (χ4n) is 6.28. The van der Waals surface area contributed by atoms with E-state index in [0.29, 0.717) is 34.1 Å². The Balaban J connectivity index is 1.32. The summed E-state index contributed by atoms with van der Waals surface area (Å²) in [6.45, 7) is 1.48. The molecular weight excluding hydrogens is 685 g/mol. The Morgan fingerprint density at radius 3 is 2.49 bits per heavy atom. The van der Waals surface area contributed by atoms with Crippen molar-refractivity contribution in [3.8, 4) is 17.6 Å². The van der Waals surface area contributed by atoms with E-state index in [4.69, 9.17) is 9.47 Å². The minimum Gasteiger partial charge on any atom is -0.489 e. The number of amides is 1. The number of carbonyl (C=O) groups is 1. The average Bonchev–Trinajstić information content (AvgIpc) is 3.40. The first-order chi connectivity index (χ1) is 23.4. The number of hydrogen-bond acceptors (Lipinski definition) is 9. The number of nitrogens with zero attached hydrogens (tertiary/aromatic N) is 1. The zero-order valence-electron chi connectivity index (χ0n) is 27.3. The van der Waals surface area contributed by atoms with Crippen LogP contribution in [0.2, 0.25) is 0 Å². The lowest BCUT2D eigenvalue weighted by Gasteiger charge is -2.39. The average molecular weight is 725 g/mol. The lowest BCUT2D eigenvalue weighted by molar-refractivity contribution is -0.126. The summed E-state index contributed by atoms with van der Waals surface area (Å²) < 4.78 is 91.1. The van der Waals surface area contributed by atoms with Crippen LogP contribution in [-0.4, -0.2) is 96.0 Å². The zero-order chi connectivity index (χ0) is 35.2. The highest BCUT2D eigenvalue weighted by Gasteiger charge is 2.32. The first kappa shape index (κ1) is 36.7. The number of methoxy groups -OCH3 is 1. The van der Waals surface area contributed by atoms with Crippen molar-refractivity contribution in [2.45, 2.75) is 50.4 Å². The van der Waals surface area contributed by atoms with E-state index in [2.05, 4.69) is 32.7 Å². The predicted octanol–water partition coefficient (Wildman–Crippen LogP) is 5.45. The van der Waals surface area contributed by atoms with Crippen LogP contribution in [0.3, 0.4) is 0 Å². The smallest absolute Gasteiger partial charge is 0.393 e. The van der Waals surface area contributed by atoms with Gasteiger partial charge in [0.1, 0.15) is 18.2 Å². The van der Waals surface area contributed by atoms with Crippen LogP contribution in [0.25, 0.3) is 10.1 Å². The van der Waals surface area contributed by atoms with Gasteiger partial charge in [-0.2, -0.15) is 13.2 Å². The molecule has 0 radical (unpaired) electrons. The maximum absolute atomic E-state index is 14.7. The van der Waals surface area contributed by atoms with Crippen molar-refractivity contribution >= 4 is 48.5 Å². The van der Waals surface area contributed by atoms with Crippen molar-refractivity contribution in [3.63, 3.8) is 0 Å². The van der Waals surface area contributed by atoms with Crippen LogP contribution >= 0.6 is 11.3 Å². The topological polar surface area (TPSA) is 109 Å². The van der Waals surface area contributed by atoms with Crippen molar-refractivity contribution in [2.24, 2.45) is 0 Å². The second-order valence-corrected chi connectivity index (χ2v) is 15.4. The minimum atomic E-state index is -4.45. The van der Waals surface area contributed by atoms with E-state index < -0.39 is 34.2 Å². The molecule has 1 saturated carbocycles. The first-order valence-corrected chi connectivity index (χ1v) is 18.7. The summed E-state index contributed by atoms with van der Waals surface area (Å²) in [5, 5.41) is 9.40. The molecule has 0 unspecified atom stereocenters. The predicted molar refractivity (Wildman–Crippen MR) is 184 cm³/mol. The number of anilines is 2. The normalized spacial score (nSPS) is 19.6. The maximum Gasteiger partial charge on any atom is 0.393 e. The summed E-state index contributed by atoms with van der Waals surface area (Å²) in [4.78, 5) is 14.7. The molecule has 1 aliphatic carbocycles. The molecule has 2 fully saturated rings. The van der Waals surface area contributed by atoms with E-state index in [0.717, 1.165) is 37.4 Å². The van der Waals surface area contributed by atoms with E-state index in [9.17, 15) is 30.8 Å². The van der Waals surface area contributed by atoms with Gasteiger partial charge < -0.3 is 25.4 Å². The van der Waals surface area contributed by atoms with Gasteiger partial charge in [0.05, 0.1) is 57.6 Å². The second kappa shape index (κ2) is 16.0. The number of benzene rings is 2. The number of fused-ring (bicyclic) bond motifs is 1. The van der Waals surface area contributed by atoms with Crippen molar-refractivity contribution in [1.82, 2.24) is 10.2 Å². The third-order valence-corrected chi connectivity index (χ3v) is 11.6. The van der Waals surface area contributed by atoms with Crippen molar-refractivity contribution in [1.29, 1.82) is 0 Å². The summed E-state index contributed by atoms with van der Waals surface area (Å²) in [5.41, 5.74) is 0.894. The van der Waals surface area contributed by atoms with E-state index >= 15 is 0 Å². The zero-order valence-corrected chi connectivity index (χ0v) is 29.0. The van der Waals surface area contributed by atoms with Crippen LogP contribution < -0.4 is 20.7 Å². The van der Waals surface area contributed by atoms with Crippen molar-refractivity contribution in [2.75, 3.05) is 69.1 Å². The van der Waals surface area contributed by atoms with E-state index in [-0.39, 0.29) is 59.9 Å². The molecule has 3 aromatic rings. The van der Waals surface area contributed by atoms with Crippen LogP contribution in [-0.2, 0) is 21.0 Å². The van der Waals surface area contributed by atoms with Crippen molar-refractivity contribution < 1.29 is 40.2 Å². The van der Waals surface area contributed by atoms with Crippen LogP contribution in [0.4, 0.5) is 28.9 Å². The van der Waals surface area contributed by atoms with Gasteiger partial charge in [0.25, 0.3) is 5.91 Å². The molecule has 1 aromatic heterocycles. The number of hydrogen-bond donors (Lipinski definition) is 3. The molecule has 1 amide bonds. The lowest BCUT2D eigenvalue weighted by atomic mass is 9.90. The summed E-state index contributed by atoms with van der Waals surface area (Å²) in [7, 11) is -0.0606. The number of sulfone groups is 1. The summed E-state index contributed by atoms with van der Waals surface area (Å²) in [6.07, 6.45) is -2.01. The molecule has 266 valence electrons. The highest BCUT2D eigenvalue weighted by molar-refractivity contribution is 7.91. The highest BCUT2D eigenvalue weighted by Crippen LogP contribution is 2.40. The van der Waals surface area contributed by atoms with E-state index in [1.807, 2.05) is 6.07 Å². The van der Waals surface area contributed by atoms with Gasteiger partial charge in [-0.3, -0.25) is 9.69 Å². The number of thiophene rings is 1. The molecule has 1 saturated heterocycles. The number of carbonyl (C=O) groups excluding carboxylic acids is 1. The minimum absolute atomic E-state index is 0.0314. The molecule has 2 heterocycles. The van der Waals surface area contributed by atoms with Crippen LogP contribution in [0.5, 0.6) is 5.75 Å². The van der Waals surface area contributed by atoms with Gasteiger partial charge >= 0.3 is 6.18 Å². The van der Waals surface area contributed by atoms with Crippen molar-refractivity contribution in [3.05, 3.63) is 52.2 Å². The third kappa shape index (κ3) is 9.56. The van der Waals surface area contributed by atoms with Gasteiger partial charge in [-0.25, -0.2) is 12.8 Å². The molecule has 0 bridgehead atoms. The summed E-state index contributed by atoms with van der Waals surface area (Å²) in [6, 6.07) is 8.16. The standard InChI is InChI=1S/C34H40F4N4O5S2/c1-39-33(43)25-19-30(47-16-15-46-2)29(20-27(25)35)40-12-4-7-31-26(21-34(36,37)38)24-5-3-6-28(32(24)48-31)41-22-8-10-23(11-9-22)42-13-17-49(44,45)18-14-42/h3,5-6,19-20,22-23,40-41H,8-18,21H2,1-2H3,(H,39,43). The fourth-order valence-corrected chi connectivity index (χ4v) is 8.68. The molecule has 5 rings (SSSR count). The highest BCUT2D eigenvalue weighted by atomic mass is 32.2. The van der Waals surface area contributed by atoms with Gasteiger partial charge in [-0.05, 0) is 48.8 Å². The third-order valence-electron chi connectivity index (χ3n) is 8.80. The SMILES string of the molecule is CNC(=O)c1cc(OCCOC)c(NCC#Cc2sc3c(NC4CCC(N5CCS(=O)(=O)CC5)CC4)cccc3c2CC(F)(F)F)cc1F. The van der Waals surface area contributed by atoms with Crippen LogP contribution in [0.15, 0.2) is 30.3 Å². The molecule has 49 heavy (non-hydrogen) atoms. The Bertz CT molecular complexity index is 1800. The number of nitrogens with one attached hydrogen (secondary N) is 3. The molecule has 2 aliphatic rings. The fraction of sp³-hybridized carbons (Fsp3) is 0.500. The number of alkyl halides is 3.